The van der Waals surface area contributed by atoms with Gasteiger partial charge in [-0.25, -0.2) is 9.50 Å². The van der Waals surface area contributed by atoms with Gasteiger partial charge in [-0.2, -0.15) is 0 Å². The standard InChI is InChI=1S/C22H29N5OS/c1-4-5-12-25(3)20(28)18-10-13-26(14-11-18)22-24-27-15-19(23-21(27)29-22)17-8-6-16(2)7-9-17/h6-9,15,18H,4-5,10-14H2,1-3H3. The molecular weight excluding hydrogens is 382 g/mol. The Bertz CT molecular complexity index is 937. The lowest BCUT2D eigenvalue weighted by Crippen LogP contribution is -2.41. The van der Waals surface area contributed by atoms with Gasteiger partial charge in [-0.05, 0) is 26.2 Å². The molecule has 1 aliphatic heterocycles. The SMILES string of the molecule is CCCCN(C)C(=O)C1CCN(c2nn3cc(-c4ccc(C)cc4)nc3s2)CC1. The van der Waals surface area contributed by atoms with Crippen LogP contribution in [0.3, 0.4) is 0 Å². The molecule has 1 saturated heterocycles. The van der Waals surface area contributed by atoms with Crippen molar-refractivity contribution >= 4 is 27.3 Å². The first-order chi connectivity index (χ1) is 14.0. The zero-order valence-electron chi connectivity index (χ0n) is 17.5. The number of imidazole rings is 1. The van der Waals surface area contributed by atoms with Gasteiger partial charge in [-0.15, -0.1) is 5.10 Å². The fourth-order valence-electron chi connectivity index (χ4n) is 3.82. The van der Waals surface area contributed by atoms with Gasteiger partial charge in [0, 0.05) is 38.2 Å². The minimum Gasteiger partial charge on any atom is -0.347 e. The number of anilines is 1. The molecule has 1 amide bonds. The molecule has 0 atom stereocenters. The first kappa shape index (κ1) is 19.9. The van der Waals surface area contributed by atoms with Crippen LogP contribution in [-0.2, 0) is 4.79 Å². The van der Waals surface area contributed by atoms with E-state index in [1.54, 1.807) is 11.3 Å². The topological polar surface area (TPSA) is 53.7 Å². The van der Waals surface area contributed by atoms with Crippen LogP contribution in [0.15, 0.2) is 30.5 Å². The zero-order chi connectivity index (χ0) is 20.4. The van der Waals surface area contributed by atoms with Crippen LogP contribution < -0.4 is 4.90 Å². The molecule has 1 aromatic carbocycles. The molecule has 6 nitrogen and oxygen atoms in total. The number of aryl methyl sites for hydroxylation is 1. The fraction of sp³-hybridized carbons (Fsp3) is 0.500. The van der Waals surface area contributed by atoms with Crippen LogP contribution in [-0.4, -0.2) is 52.1 Å². The van der Waals surface area contributed by atoms with E-state index in [4.69, 9.17) is 10.1 Å². The normalized spacial score (nSPS) is 15.2. The molecule has 0 bridgehead atoms. The molecule has 2 aromatic heterocycles. The summed E-state index contributed by atoms with van der Waals surface area (Å²) in [6.07, 6.45) is 5.98. The second kappa shape index (κ2) is 8.53. The van der Waals surface area contributed by atoms with Crippen LogP contribution in [0.2, 0.25) is 0 Å². The van der Waals surface area contributed by atoms with Gasteiger partial charge in [0.15, 0.2) is 0 Å². The van der Waals surface area contributed by atoms with Crippen LogP contribution in [0.1, 0.15) is 38.2 Å². The lowest BCUT2D eigenvalue weighted by Gasteiger charge is -2.32. The number of amides is 1. The summed E-state index contributed by atoms with van der Waals surface area (Å²) in [5, 5.41) is 5.74. The maximum Gasteiger partial charge on any atom is 0.225 e. The number of unbranched alkanes of at least 4 members (excludes halogenated alkanes) is 1. The smallest absolute Gasteiger partial charge is 0.225 e. The van der Waals surface area contributed by atoms with Crippen molar-refractivity contribution < 1.29 is 4.79 Å². The average molecular weight is 412 g/mol. The highest BCUT2D eigenvalue weighted by Gasteiger charge is 2.28. The second-order valence-corrected chi connectivity index (χ2v) is 8.91. The minimum atomic E-state index is 0.144. The van der Waals surface area contributed by atoms with Crippen molar-refractivity contribution in [3.8, 4) is 11.3 Å². The summed E-state index contributed by atoms with van der Waals surface area (Å²) < 4.78 is 1.88. The largest absolute Gasteiger partial charge is 0.347 e. The van der Waals surface area contributed by atoms with Crippen molar-refractivity contribution in [3.05, 3.63) is 36.0 Å². The quantitative estimate of drug-likeness (QED) is 0.609. The van der Waals surface area contributed by atoms with Gasteiger partial charge in [0.25, 0.3) is 0 Å². The maximum atomic E-state index is 12.6. The Morgan fingerprint density at radius 1 is 1.24 bits per heavy atom. The molecule has 29 heavy (non-hydrogen) atoms. The van der Waals surface area contributed by atoms with Gasteiger partial charge in [0.1, 0.15) is 0 Å². The third-order valence-electron chi connectivity index (χ3n) is 5.72. The highest BCUT2D eigenvalue weighted by molar-refractivity contribution is 7.20. The van der Waals surface area contributed by atoms with E-state index in [1.165, 1.54) is 5.56 Å². The lowest BCUT2D eigenvalue weighted by atomic mass is 9.95. The number of benzene rings is 1. The molecular formula is C22H29N5OS. The van der Waals surface area contributed by atoms with E-state index in [0.717, 1.165) is 66.7 Å². The van der Waals surface area contributed by atoms with Crippen LogP contribution in [0.5, 0.6) is 0 Å². The number of aromatic nitrogens is 3. The Kier molecular flexibility index (Phi) is 5.85. The average Bonchev–Trinajstić information content (AvgIpc) is 3.31. The Morgan fingerprint density at radius 2 is 1.97 bits per heavy atom. The molecule has 1 aliphatic rings. The third kappa shape index (κ3) is 4.29. The third-order valence-corrected chi connectivity index (χ3v) is 6.70. The van der Waals surface area contributed by atoms with Crippen LogP contribution >= 0.6 is 11.3 Å². The summed E-state index contributed by atoms with van der Waals surface area (Å²) in [7, 11) is 1.94. The van der Waals surface area contributed by atoms with Crippen LogP contribution in [0.4, 0.5) is 5.13 Å². The number of nitrogens with zero attached hydrogens (tertiary/aromatic N) is 5. The van der Waals surface area contributed by atoms with Crippen molar-refractivity contribution in [1.82, 2.24) is 19.5 Å². The maximum absolute atomic E-state index is 12.6. The Hall–Kier alpha value is -2.41. The Balaban J connectivity index is 1.39. The summed E-state index contributed by atoms with van der Waals surface area (Å²) in [5.41, 5.74) is 3.31. The molecule has 4 rings (SSSR count). The number of rotatable bonds is 6. The number of carbonyl (C=O) groups is 1. The molecule has 0 unspecified atom stereocenters. The van der Waals surface area contributed by atoms with Crippen molar-refractivity contribution in [3.63, 3.8) is 0 Å². The van der Waals surface area contributed by atoms with Gasteiger partial charge in [-0.3, -0.25) is 4.79 Å². The van der Waals surface area contributed by atoms with Crippen LogP contribution in [0, 0.1) is 12.8 Å². The number of fused-ring (bicyclic) bond motifs is 1. The molecule has 0 N–H and O–H groups in total. The van der Waals surface area contributed by atoms with Crippen molar-refractivity contribution in [2.75, 3.05) is 31.6 Å². The predicted octanol–water partition coefficient (Wildman–Crippen LogP) is 4.24. The van der Waals surface area contributed by atoms with E-state index in [-0.39, 0.29) is 5.92 Å². The molecule has 0 aliphatic carbocycles. The second-order valence-electron chi connectivity index (χ2n) is 7.98. The number of hydrogen-bond donors (Lipinski definition) is 0. The summed E-state index contributed by atoms with van der Waals surface area (Å²) in [5.74, 6) is 0.445. The monoisotopic (exact) mass is 411 g/mol. The predicted molar refractivity (Wildman–Crippen MR) is 119 cm³/mol. The van der Waals surface area contributed by atoms with E-state index in [0.29, 0.717) is 5.91 Å². The first-order valence-electron chi connectivity index (χ1n) is 10.5. The van der Waals surface area contributed by atoms with E-state index in [1.807, 2.05) is 22.7 Å². The summed E-state index contributed by atoms with van der Waals surface area (Å²) in [4.78, 5) is 22.5. The summed E-state index contributed by atoms with van der Waals surface area (Å²) in [6, 6.07) is 8.41. The summed E-state index contributed by atoms with van der Waals surface area (Å²) >= 11 is 1.62. The molecule has 154 valence electrons. The molecule has 0 spiro atoms. The molecule has 0 saturated carbocycles. The molecule has 7 heteroatoms. The number of hydrogen-bond acceptors (Lipinski definition) is 5. The molecule has 3 aromatic rings. The zero-order valence-corrected chi connectivity index (χ0v) is 18.3. The first-order valence-corrected chi connectivity index (χ1v) is 11.3. The van der Waals surface area contributed by atoms with Gasteiger partial charge < -0.3 is 9.80 Å². The van der Waals surface area contributed by atoms with E-state index < -0.39 is 0 Å². The Labute approximate surface area is 176 Å². The molecule has 1 fully saturated rings. The molecule has 0 radical (unpaired) electrons. The molecule has 3 heterocycles. The van der Waals surface area contributed by atoms with Crippen molar-refractivity contribution in [1.29, 1.82) is 0 Å². The van der Waals surface area contributed by atoms with Gasteiger partial charge >= 0.3 is 0 Å². The van der Waals surface area contributed by atoms with Crippen LogP contribution in [0.25, 0.3) is 16.2 Å². The Morgan fingerprint density at radius 3 is 2.62 bits per heavy atom. The highest BCUT2D eigenvalue weighted by atomic mass is 32.1. The number of carbonyl (C=O) groups excluding carboxylic acids is 1. The minimum absolute atomic E-state index is 0.144. The van der Waals surface area contributed by atoms with E-state index in [9.17, 15) is 4.79 Å². The van der Waals surface area contributed by atoms with E-state index >= 15 is 0 Å². The lowest BCUT2D eigenvalue weighted by molar-refractivity contribution is -0.134. The van der Waals surface area contributed by atoms with E-state index in [2.05, 4.69) is 43.0 Å². The highest BCUT2D eigenvalue weighted by Crippen LogP contribution is 2.30. The summed E-state index contributed by atoms with van der Waals surface area (Å²) in [6.45, 7) is 6.86. The van der Waals surface area contributed by atoms with Crippen molar-refractivity contribution in [2.24, 2.45) is 5.92 Å². The van der Waals surface area contributed by atoms with Gasteiger partial charge in [0.2, 0.25) is 16.0 Å². The number of piperidine rings is 1. The van der Waals surface area contributed by atoms with Gasteiger partial charge in [-0.1, -0.05) is 54.5 Å². The van der Waals surface area contributed by atoms with Gasteiger partial charge in [0.05, 0.1) is 11.9 Å². The fourth-order valence-corrected chi connectivity index (χ4v) is 4.75. The van der Waals surface area contributed by atoms with Crippen molar-refractivity contribution in [2.45, 2.75) is 39.5 Å².